The third-order valence-electron chi connectivity index (χ3n) is 5.64. The van der Waals surface area contributed by atoms with Crippen LogP contribution >= 0.6 is 11.6 Å². The van der Waals surface area contributed by atoms with E-state index in [-0.39, 0.29) is 27.8 Å². The number of piperidine rings is 1. The first kappa shape index (κ1) is 26.5. The van der Waals surface area contributed by atoms with Crippen molar-refractivity contribution in [1.29, 1.82) is 0 Å². The van der Waals surface area contributed by atoms with Crippen LogP contribution < -0.4 is 16.2 Å². The fourth-order valence-corrected chi connectivity index (χ4v) is 5.29. The largest absolute Gasteiger partial charge is 0.323 e. The third-order valence-corrected chi connectivity index (χ3v) is 7.83. The quantitative estimate of drug-likeness (QED) is 0.355. The van der Waals surface area contributed by atoms with Crippen LogP contribution in [-0.4, -0.2) is 48.6 Å². The van der Waals surface area contributed by atoms with Crippen molar-refractivity contribution in [3.8, 4) is 0 Å². The molecule has 3 rings (SSSR count). The number of rotatable bonds is 8. The van der Waals surface area contributed by atoms with Gasteiger partial charge in [-0.05, 0) is 44.9 Å². The number of nitrogens with one attached hydrogen (secondary N) is 3. The molecular weight excluding hydrogens is 498 g/mol. The number of nitro groups is 1. The third kappa shape index (κ3) is 6.54. The summed E-state index contributed by atoms with van der Waals surface area (Å²) in [7, 11) is -3.72. The highest BCUT2D eigenvalue weighted by Crippen LogP contribution is 2.27. The molecular formula is C22H26ClN5O6S. The highest BCUT2D eigenvalue weighted by atomic mass is 35.5. The maximum absolute atomic E-state index is 13.0. The van der Waals surface area contributed by atoms with Crippen molar-refractivity contribution >= 4 is 44.8 Å². The van der Waals surface area contributed by atoms with Gasteiger partial charge in [0.15, 0.2) is 0 Å². The fourth-order valence-electron chi connectivity index (χ4n) is 3.54. The monoisotopic (exact) mass is 523 g/mol. The van der Waals surface area contributed by atoms with Gasteiger partial charge in [0, 0.05) is 25.2 Å². The number of nitro benzene ring substituents is 1. The molecule has 1 saturated heterocycles. The van der Waals surface area contributed by atoms with Gasteiger partial charge in [-0.25, -0.2) is 13.8 Å². The van der Waals surface area contributed by atoms with E-state index >= 15 is 0 Å². The molecule has 3 N–H and O–H groups in total. The number of amides is 2. The van der Waals surface area contributed by atoms with Gasteiger partial charge in [-0.2, -0.15) is 4.31 Å². The van der Waals surface area contributed by atoms with Crippen molar-refractivity contribution in [2.24, 2.45) is 5.92 Å². The van der Waals surface area contributed by atoms with E-state index in [4.69, 9.17) is 11.6 Å². The summed E-state index contributed by atoms with van der Waals surface area (Å²) in [5.41, 5.74) is 6.01. The predicted molar refractivity (Wildman–Crippen MR) is 130 cm³/mol. The predicted octanol–water partition coefficient (Wildman–Crippen LogP) is 2.61. The van der Waals surface area contributed by atoms with Crippen molar-refractivity contribution in [1.82, 2.24) is 15.2 Å². The number of anilines is 1. The van der Waals surface area contributed by atoms with E-state index in [1.54, 1.807) is 24.3 Å². The maximum atomic E-state index is 13.0. The van der Waals surface area contributed by atoms with Crippen molar-refractivity contribution in [2.75, 3.05) is 18.4 Å². The van der Waals surface area contributed by atoms with Crippen LogP contribution in [0.4, 0.5) is 11.4 Å². The summed E-state index contributed by atoms with van der Waals surface area (Å²) >= 11 is 5.99. The molecule has 0 aromatic heterocycles. The Bertz CT molecular complexity index is 1220. The molecule has 11 nitrogen and oxygen atoms in total. The Hall–Kier alpha value is -3.06. The average molecular weight is 524 g/mol. The number of carbonyl (C=O) groups excluding carboxylic acids is 2. The summed E-state index contributed by atoms with van der Waals surface area (Å²) < 4.78 is 27.2. The molecule has 2 amide bonds. The molecule has 2 atom stereocenters. The summed E-state index contributed by atoms with van der Waals surface area (Å²) in [4.78, 5) is 35.5. The van der Waals surface area contributed by atoms with Crippen LogP contribution in [0.5, 0.6) is 0 Å². The number of aryl methyl sites for hydroxylation is 1. The zero-order valence-electron chi connectivity index (χ0n) is 19.2. The first-order valence-corrected chi connectivity index (χ1v) is 12.7. The van der Waals surface area contributed by atoms with Crippen LogP contribution in [-0.2, 0) is 19.6 Å². The molecule has 2 aromatic carbocycles. The van der Waals surface area contributed by atoms with Gasteiger partial charge >= 0.3 is 0 Å². The minimum absolute atomic E-state index is 0.000804. The Morgan fingerprint density at radius 3 is 2.51 bits per heavy atom. The molecule has 2 aromatic rings. The van der Waals surface area contributed by atoms with Gasteiger partial charge in [0.2, 0.25) is 21.8 Å². The highest BCUT2D eigenvalue weighted by Gasteiger charge is 2.33. The number of halogens is 1. The lowest BCUT2D eigenvalue weighted by Gasteiger charge is -2.31. The minimum Gasteiger partial charge on any atom is -0.323 e. The molecule has 0 radical (unpaired) electrons. The van der Waals surface area contributed by atoms with E-state index in [1.165, 1.54) is 23.4 Å². The lowest BCUT2D eigenvalue weighted by atomic mass is 9.99. The number of benzene rings is 2. The number of sulfonamides is 1. The van der Waals surface area contributed by atoms with E-state index in [9.17, 15) is 28.1 Å². The lowest BCUT2D eigenvalue weighted by Crippen LogP contribution is -2.52. The van der Waals surface area contributed by atoms with Crippen molar-refractivity contribution in [3.63, 3.8) is 0 Å². The van der Waals surface area contributed by atoms with Crippen LogP contribution in [0.25, 0.3) is 0 Å². The summed E-state index contributed by atoms with van der Waals surface area (Å²) in [6.45, 7) is 3.72. The molecule has 0 unspecified atom stereocenters. The number of nitrogens with zero attached hydrogens (tertiary/aromatic N) is 2. The van der Waals surface area contributed by atoms with Crippen LogP contribution in [0.15, 0.2) is 47.4 Å². The summed E-state index contributed by atoms with van der Waals surface area (Å²) in [6.07, 6.45) is 1.03. The van der Waals surface area contributed by atoms with Gasteiger partial charge in [0.05, 0.1) is 26.4 Å². The summed E-state index contributed by atoms with van der Waals surface area (Å²) in [5, 5.41) is 13.3. The van der Waals surface area contributed by atoms with Crippen molar-refractivity contribution < 1.29 is 22.9 Å². The second-order valence-corrected chi connectivity index (χ2v) is 10.6. The van der Waals surface area contributed by atoms with Gasteiger partial charge in [-0.1, -0.05) is 29.3 Å². The Morgan fingerprint density at radius 2 is 1.89 bits per heavy atom. The fraction of sp³-hybridized carbons (Fsp3) is 0.364. The van der Waals surface area contributed by atoms with Crippen LogP contribution in [0.3, 0.4) is 0 Å². The molecule has 0 saturated carbocycles. The molecule has 1 aliphatic heterocycles. The zero-order valence-corrected chi connectivity index (χ0v) is 20.7. The second-order valence-electron chi connectivity index (χ2n) is 8.28. The lowest BCUT2D eigenvalue weighted by molar-refractivity contribution is -0.384. The smallest absolute Gasteiger partial charge is 0.271 e. The molecule has 1 heterocycles. The summed E-state index contributed by atoms with van der Waals surface area (Å²) in [5.74, 6) is -1.55. The van der Waals surface area contributed by atoms with Crippen molar-refractivity contribution in [2.45, 2.75) is 37.6 Å². The van der Waals surface area contributed by atoms with Gasteiger partial charge < -0.3 is 5.32 Å². The summed E-state index contributed by atoms with van der Waals surface area (Å²) in [6, 6.07) is 9.32. The van der Waals surface area contributed by atoms with Gasteiger partial charge in [0.1, 0.15) is 6.04 Å². The SMILES string of the molecule is Cc1ccc(S(=O)(=O)N2CCC[C@H](C(=O)NN[C@@H](C)C(=O)Nc3ccc([N+](=O)[O-])cc3Cl)C2)cc1. The number of carbonyl (C=O) groups is 2. The first-order chi connectivity index (χ1) is 16.5. The van der Waals surface area contributed by atoms with Crippen LogP contribution in [0, 0.1) is 23.0 Å². The molecule has 13 heteroatoms. The Labute approximate surface area is 208 Å². The van der Waals surface area contributed by atoms with E-state index < -0.39 is 38.7 Å². The van der Waals surface area contributed by atoms with E-state index in [0.717, 1.165) is 11.6 Å². The van der Waals surface area contributed by atoms with Gasteiger partial charge in [-0.3, -0.25) is 25.1 Å². The molecule has 0 bridgehead atoms. The molecule has 0 spiro atoms. The van der Waals surface area contributed by atoms with Crippen LogP contribution in [0.1, 0.15) is 25.3 Å². The Balaban J connectivity index is 1.55. The highest BCUT2D eigenvalue weighted by molar-refractivity contribution is 7.89. The van der Waals surface area contributed by atoms with Gasteiger partial charge in [0.25, 0.3) is 5.69 Å². The standard InChI is InChI=1S/C22H26ClN5O6S/c1-14-5-8-18(9-6-14)35(33,34)27-11-3-4-16(13-27)22(30)26-25-15(2)21(29)24-20-10-7-17(28(31)32)12-19(20)23/h5-10,12,15-16,25H,3-4,11,13H2,1-2H3,(H,24,29)(H,26,30)/t15-,16-/m0/s1. The topological polar surface area (TPSA) is 151 Å². The number of hydrazine groups is 1. The molecule has 1 fully saturated rings. The maximum Gasteiger partial charge on any atom is 0.271 e. The van der Waals surface area contributed by atoms with E-state index in [2.05, 4.69) is 16.2 Å². The van der Waals surface area contributed by atoms with E-state index in [0.29, 0.717) is 19.4 Å². The van der Waals surface area contributed by atoms with Gasteiger partial charge in [-0.15, -0.1) is 0 Å². The Morgan fingerprint density at radius 1 is 1.20 bits per heavy atom. The average Bonchev–Trinajstić information content (AvgIpc) is 2.83. The zero-order chi connectivity index (χ0) is 25.8. The normalized spacial score (nSPS) is 17.4. The van der Waals surface area contributed by atoms with E-state index in [1.807, 2.05) is 6.92 Å². The van der Waals surface area contributed by atoms with Crippen molar-refractivity contribution in [3.05, 3.63) is 63.2 Å². The molecule has 0 aliphatic carbocycles. The second kappa shape index (κ2) is 11.1. The number of non-ortho nitro benzene ring substituents is 1. The number of hydrogen-bond donors (Lipinski definition) is 3. The Kier molecular flexibility index (Phi) is 8.43. The minimum atomic E-state index is -3.72. The molecule has 1 aliphatic rings. The first-order valence-electron chi connectivity index (χ1n) is 10.9. The molecule has 188 valence electrons. The molecule has 35 heavy (non-hydrogen) atoms. The van der Waals surface area contributed by atoms with Crippen LogP contribution in [0.2, 0.25) is 5.02 Å². The number of hydrogen-bond acceptors (Lipinski definition) is 7.